The van der Waals surface area contributed by atoms with Gasteiger partial charge in [-0.1, -0.05) is 35.6 Å². The van der Waals surface area contributed by atoms with Crippen LogP contribution in [0.15, 0.2) is 48.5 Å². The van der Waals surface area contributed by atoms with Crippen molar-refractivity contribution in [2.75, 3.05) is 33.9 Å². The molecule has 1 fully saturated rings. The first kappa shape index (κ1) is 21.1. The van der Waals surface area contributed by atoms with Crippen LogP contribution in [0, 0.1) is 0 Å². The van der Waals surface area contributed by atoms with Crippen LogP contribution in [0.4, 0.5) is 0 Å². The number of hydrogen-bond donors (Lipinski definition) is 0. The molecule has 3 aromatic rings. The zero-order chi connectivity index (χ0) is 21.6. The number of methoxy groups -OCH3 is 2. The van der Waals surface area contributed by atoms with Crippen LogP contribution in [0.5, 0.6) is 17.2 Å². The molecule has 0 bridgehead atoms. The summed E-state index contributed by atoms with van der Waals surface area (Å²) in [7, 11) is 3.24. The standard InChI is InChI=1S/C23H25N3O4S/c1-28-18-8-4-3-7-17(18)23-25-24-22(31-23)16-11-13-26(14-12-16)21(27)15-30-20-10-6-5-9-19(20)29-2/h3-10,16H,11-15H2,1-2H3. The third kappa shape index (κ3) is 4.80. The number of piperidine rings is 1. The summed E-state index contributed by atoms with van der Waals surface area (Å²) in [4.78, 5) is 14.4. The van der Waals surface area contributed by atoms with Crippen LogP contribution in [0.2, 0.25) is 0 Å². The lowest BCUT2D eigenvalue weighted by molar-refractivity contribution is -0.134. The van der Waals surface area contributed by atoms with Gasteiger partial charge in [0, 0.05) is 19.0 Å². The maximum atomic E-state index is 12.6. The van der Waals surface area contributed by atoms with Crippen LogP contribution in [-0.4, -0.2) is 54.9 Å². The van der Waals surface area contributed by atoms with Gasteiger partial charge in [0.1, 0.15) is 10.8 Å². The molecule has 1 amide bonds. The molecular weight excluding hydrogens is 414 g/mol. The monoisotopic (exact) mass is 439 g/mol. The average molecular weight is 440 g/mol. The molecule has 31 heavy (non-hydrogen) atoms. The van der Waals surface area contributed by atoms with Crippen LogP contribution in [-0.2, 0) is 4.79 Å². The van der Waals surface area contributed by atoms with E-state index in [4.69, 9.17) is 14.2 Å². The van der Waals surface area contributed by atoms with E-state index in [0.717, 1.165) is 34.2 Å². The molecule has 1 aliphatic rings. The third-order valence-corrected chi connectivity index (χ3v) is 6.51. The first-order valence-electron chi connectivity index (χ1n) is 10.2. The highest BCUT2D eigenvalue weighted by atomic mass is 32.1. The van der Waals surface area contributed by atoms with Crippen LogP contribution < -0.4 is 14.2 Å². The molecule has 162 valence electrons. The average Bonchev–Trinajstić information content (AvgIpc) is 3.33. The first-order valence-corrected chi connectivity index (χ1v) is 11.0. The SMILES string of the molecule is COc1ccccc1OCC(=O)N1CCC(c2nnc(-c3ccccc3OC)s2)CC1. The Labute approximate surface area is 185 Å². The molecule has 1 saturated heterocycles. The number of aromatic nitrogens is 2. The second kappa shape index (κ2) is 9.78. The van der Waals surface area contributed by atoms with Gasteiger partial charge in [0.05, 0.1) is 19.8 Å². The summed E-state index contributed by atoms with van der Waals surface area (Å²) in [6.07, 6.45) is 1.72. The predicted octanol–water partition coefficient (Wildman–Crippen LogP) is 4.01. The minimum atomic E-state index is -0.0173. The molecule has 8 heteroatoms. The lowest BCUT2D eigenvalue weighted by Gasteiger charge is -2.30. The Balaban J connectivity index is 1.33. The number of ether oxygens (including phenoxy) is 3. The molecule has 1 aliphatic heterocycles. The van der Waals surface area contributed by atoms with E-state index >= 15 is 0 Å². The summed E-state index contributed by atoms with van der Waals surface area (Å²) in [6.45, 7) is 1.37. The molecule has 2 heterocycles. The van der Waals surface area contributed by atoms with E-state index in [2.05, 4.69) is 10.2 Å². The fourth-order valence-electron chi connectivity index (χ4n) is 3.67. The summed E-state index contributed by atoms with van der Waals surface area (Å²) in [5.41, 5.74) is 0.954. The molecule has 0 aliphatic carbocycles. The van der Waals surface area contributed by atoms with Gasteiger partial charge in [-0.15, -0.1) is 10.2 Å². The highest BCUT2D eigenvalue weighted by molar-refractivity contribution is 7.14. The van der Waals surface area contributed by atoms with Gasteiger partial charge in [-0.2, -0.15) is 0 Å². The summed E-state index contributed by atoms with van der Waals surface area (Å²) >= 11 is 1.60. The Morgan fingerprint density at radius 1 is 0.968 bits per heavy atom. The van der Waals surface area contributed by atoms with E-state index in [-0.39, 0.29) is 12.5 Å². The number of nitrogens with zero attached hydrogens (tertiary/aromatic N) is 3. The van der Waals surface area contributed by atoms with Crippen molar-refractivity contribution >= 4 is 17.2 Å². The molecule has 4 rings (SSSR count). The molecule has 0 spiro atoms. The van der Waals surface area contributed by atoms with Gasteiger partial charge in [0.2, 0.25) is 0 Å². The molecular formula is C23H25N3O4S. The minimum absolute atomic E-state index is 0.00178. The molecule has 0 saturated carbocycles. The number of para-hydroxylation sites is 3. The van der Waals surface area contributed by atoms with Gasteiger partial charge in [-0.3, -0.25) is 4.79 Å². The second-order valence-electron chi connectivity index (χ2n) is 7.24. The number of rotatable bonds is 7. The van der Waals surface area contributed by atoms with Crippen LogP contribution in [0.3, 0.4) is 0 Å². The zero-order valence-corrected chi connectivity index (χ0v) is 18.4. The van der Waals surface area contributed by atoms with Crippen molar-refractivity contribution in [1.82, 2.24) is 15.1 Å². The van der Waals surface area contributed by atoms with Crippen molar-refractivity contribution in [3.63, 3.8) is 0 Å². The fourth-order valence-corrected chi connectivity index (χ4v) is 4.72. The molecule has 7 nitrogen and oxygen atoms in total. The smallest absolute Gasteiger partial charge is 0.260 e. The number of amides is 1. The lowest BCUT2D eigenvalue weighted by Crippen LogP contribution is -2.40. The van der Waals surface area contributed by atoms with E-state index < -0.39 is 0 Å². The van der Waals surface area contributed by atoms with Gasteiger partial charge in [-0.05, 0) is 37.1 Å². The van der Waals surface area contributed by atoms with E-state index in [1.807, 2.05) is 47.4 Å². The number of likely N-dealkylation sites (tertiary alicyclic amines) is 1. The van der Waals surface area contributed by atoms with Gasteiger partial charge < -0.3 is 19.1 Å². The highest BCUT2D eigenvalue weighted by Gasteiger charge is 2.27. The summed E-state index contributed by atoms with van der Waals surface area (Å²) in [5.74, 6) is 2.28. The summed E-state index contributed by atoms with van der Waals surface area (Å²) in [6, 6.07) is 15.2. The van der Waals surface area contributed by atoms with Crippen molar-refractivity contribution in [1.29, 1.82) is 0 Å². The Kier molecular flexibility index (Phi) is 6.66. The van der Waals surface area contributed by atoms with E-state index in [9.17, 15) is 4.79 Å². The van der Waals surface area contributed by atoms with E-state index in [1.165, 1.54) is 0 Å². The number of carbonyl (C=O) groups excluding carboxylic acids is 1. The maximum absolute atomic E-state index is 12.6. The third-order valence-electron chi connectivity index (χ3n) is 5.40. The largest absolute Gasteiger partial charge is 0.496 e. The van der Waals surface area contributed by atoms with Gasteiger partial charge >= 0.3 is 0 Å². The first-order chi connectivity index (χ1) is 15.2. The van der Waals surface area contributed by atoms with Gasteiger partial charge in [0.15, 0.2) is 23.1 Å². The predicted molar refractivity (Wildman–Crippen MR) is 119 cm³/mol. The van der Waals surface area contributed by atoms with Crippen LogP contribution in [0.25, 0.3) is 10.6 Å². The Bertz CT molecular complexity index is 1030. The molecule has 0 N–H and O–H groups in total. The fraction of sp³-hybridized carbons (Fsp3) is 0.348. The molecule has 0 atom stereocenters. The molecule has 0 radical (unpaired) electrons. The molecule has 1 aromatic heterocycles. The van der Waals surface area contributed by atoms with E-state index in [1.54, 1.807) is 31.6 Å². The van der Waals surface area contributed by atoms with Crippen molar-refractivity contribution in [3.8, 4) is 27.8 Å². The Morgan fingerprint density at radius 3 is 2.32 bits per heavy atom. The number of benzene rings is 2. The van der Waals surface area contributed by atoms with E-state index in [0.29, 0.717) is 30.5 Å². The quantitative estimate of drug-likeness (QED) is 0.554. The lowest BCUT2D eigenvalue weighted by atomic mass is 9.98. The summed E-state index contributed by atoms with van der Waals surface area (Å²) in [5, 5.41) is 10.7. The second-order valence-corrected chi connectivity index (χ2v) is 8.25. The van der Waals surface area contributed by atoms with Crippen LogP contribution >= 0.6 is 11.3 Å². The number of hydrogen-bond acceptors (Lipinski definition) is 7. The van der Waals surface area contributed by atoms with Crippen LogP contribution in [0.1, 0.15) is 23.8 Å². The maximum Gasteiger partial charge on any atom is 0.260 e. The summed E-state index contributed by atoms with van der Waals surface area (Å²) < 4.78 is 16.4. The molecule has 0 unspecified atom stereocenters. The molecule has 2 aromatic carbocycles. The van der Waals surface area contributed by atoms with Crippen molar-refractivity contribution in [2.45, 2.75) is 18.8 Å². The highest BCUT2D eigenvalue weighted by Crippen LogP contribution is 2.36. The Morgan fingerprint density at radius 2 is 1.61 bits per heavy atom. The zero-order valence-electron chi connectivity index (χ0n) is 17.6. The minimum Gasteiger partial charge on any atom is -0.496 e. The van der Waals surface area contributed by atoms with Crippen molar-refractivity contribution in [3.05, 3.63) is 53.5 Å². The topological polar surface area (TPSA) is 73.8 Å². The Hall–Kier alpha value is -3.13. The normalized spacial score (nSPS) is 14.3. The van der Waals surface area contributed by atoms with Crippen molar-refractivity contribution < 1.29 is 19.0 Å². The van der Waals surface area contributed by atoms with Gasteiger partial charge in [0.25, 0.3) is 5.91 Å². The number of carbonyl (C=O) groups is 1. The van der Waals surface area contributed by atoms with Gasteiger partial charge in [-0.25, -0.2) is 0 Å². The van der Waals surface area contributed by atoms with Crippen molar-refractivity contribution in [2.24, 2.45) is 0 Å².